The number of likely N-dealkylation sites (tertiary alicyclic amines) is 1. The van der Waals surface area contributed by atoms with Crippen LogP contribution in [-0.4, -0.2) is 45.5 Å². The lowest BCUT2D eigenvalue weighted by molar-refractivity contribution is -0.137. The van der Waals surface area contributed by atoms with Gasteiger partial charge in [-0.05, 0) is 60.1 Å². The zero-order valence-corrected chi connectivity index (χ0v) is 16.5. The molecule has 7 heteroatoms. The van der Waals surface area contributed by atoms with Crippen molar-refractivity contribution in [3.63, 3.8) is 0 Å². The van der Waals surface area contributed by atoms with E-state index in [1.54, 1.807) is 24.3 Å². The zero-order valence-electron chi connectivity index (χ0n) is 16.5. The van der Waals surface area contributed by atoms with Crippen LogP contribution in [0.25, 0.3) is 0 Å². The Hall–Kier alpha value is -2.09. The van der Waals surface area contributed by atoms with Crippen LogP contribution in [0.3, 0.4) is 0 Å². The number of halogens is 3. The Morgan fingerprint density at radius 1 is 0.967 bits per heavy atom. The summed E-state index contributed by atoms with van der Waals surface area (Å²) < 4.78 is 38.2. The molecule has 0 amide bonds. The highest BCUT2D eigenvalue weighted by atomic mass is 19.4. The smallest absolute Gasteiger partial charge is 0.416 e. The molecule has 30 heavy (non-hydrogen) atoms. The van der Waals surface area contributed by atoms with E-state index in [2.05, 4.69) is 4.90 Å². The lowest BCUT2D eigenvalue weighted by atomic mass is 9.91. The van der Waals surface area contributed by atoms with Gasteiger partial charge in [-0.15, -0.1) is 0 Å². The quantitative estimate of drug-likeness (QED) is 0.688. The number of hydrogen-bond acceptors (Lipinski definition) is 4. The number of aromatic hydroxyl groups is 1. The molecule has 162 valence electrons. The van der Waals surface area contributed by atoms with Gasteiger partial charge in [-0.1, -0.05) is 24.3 Å². The molecule has 0 spiro atoms. The van der Waals surface area contributed by atoms with E-state index in [4.69, 9.17) is 0 Å². The average Bonchev–Trinajstić information content (AvgIpc) is 3.15. The fourth-order valence-electron chi connectivity index (χ4n) is 5.09. The lowest BCUT2D eigenvalue weighted by Crippen LogP contribution is -2.33. The largest absolute Gasteiger partial charge is 0.508 e. The molecular weight excluding hydrogens is 395 g/mol. The van der Waals surface area contributed by atoms with E-state index >= 15 is 0 Å². The predicted molar refractivity (Wildman–Crippen MR) is 106 cm³/mol. The third-order valence-corrected chi connectivity index (χ3v) is 6.46. The number of aliphatic hydroxyl groups excluding tert-OH is 1. The van der Waals surface area contributed by atoms with Crippen molar-refractivity contribution >= 4 is 0 Å². The van der Waals surface area contributed by atoms with Crippen LogP contribution in [0.15, 0.2) is 48.5 Å². The Morgan fingerprint density at radius 3 is 2.07 bits per heavy atom. The van der Waals surface area contributed by atoms with Crippen molar-refractivity contribution in [1.82, 2.24) is 4.90 Å². The van der Waals surface area contributed by atoms with E-state index in [-0.39, 0.29) is 5.75 Å². The van der Waals surface area contributed by atoms with Crippen molar-refractivity contribution < 1.29 is 28.5 Å². The molecule has 0 aromatic heterocycles. The third-order valence-electron chi connectivity index (χ3n) is 6.46. The van der Waals surface area contributed by atoms with Gasteiger partial charge in [0.25, 0.3) is 0 Å². The maximum absolute atomic E-state index is 12.7. The average molecular weight is 421 g/mol. The molecule has 1 saturated carbocycles. The standard InChI is InChI=1S/C23H26F3NO3/c24-23(25,26)19-5-1-15(2-6-19)9-22(30)10-17-12-27(13-18(17)11-22)14-21(29)16-3-7-20(28)8-4-16/h1-8,17-18,21,28-30H,9-14H2/t17-,18+,21?,22+. The van der Waals surface area contributed by atoms with Crippen molar-refractivity contribution in [3.8, 4) is 5.75 Å². The van der Waals surface area contributed by atoms with Gasteiger partial charge in [0.05, 0.1) is 17.3 Å². The second-order valence-corrected chi connectivity index (χ2v) is 8.85. The molecule has 1 heterocycles. The number of nitrogens with zero attached hydrogens (tertiary/aromatic N) is 1. The summed E-state index contributed by atoms with van der Waals surface area (Å²) in [5.41, 5.74) is -0.102. The molecule has 4 rings (SSSR count). The number of β-amino-alcohol motifs (C(OH)–C–C–N with tert-alkyl or cyclic N) is 1. The Bertz CT molecular complexity index is 853. The van der Waals surface area contributed by atoms with E-state index in [1.165, 1.54) is 12.1 Å². The summed E-state index contributed by atoms with van der Waals surface area (Å²) in [5, 5.41) is 30.9. The highest BCUT2D eigenvalue weighted by Gasteiger charge is 2.48. The molecule has 1 saturated heterocycles. The second-order valence-electron chi connectivity index (χ2n) is 8.85. The van der Waals surface area contributed by atoms with Gasteiger partial charge in [-0.25, -0.2) is 0 Å². The summed E-state index contributed by atoms with van der Waals surface area (Å²) in [6.45, 7) is 2.07. The minimum Gasteiger partial charge on any atom is -0.508 e. The molecule has 0 radical (unpaired) electrons. The Balaban J connectivity index is 1.32. The van der Waals surface area contributed by atoms with E-state index in [1.807, 2.05) is 0 Å². The minimum atomic E-state index is -4.35. The third kappa shape index (κ3) is 4.63. The predicted octanol–water partition coefficient (Wildman–Crippen LogP) is 3.76. The highest BCUT2D eigenvalue weighted by molar-refractivity contribution is 5.28. The Labute approximate surface area is 173 Å². The molecular formula is C23H26F3NO3. The number of rotatable bonds is 5. The van der Waals surface area contributed by atoms with Gasteiger partial charge < -0.3 is 15.3 Å². The molecule has 2 aromatic rings. The van der Waals surface area contributed by atoms with Gasteiger partial charge >= 0.3 is 6.18 Å². The topological polar surface area (TPSA) is 63.9 Å². The summed E-state index contributed by atoms with van der Waals surface area (Å²) in [4.78, 5) is 2.20. The van der Waals surface area contributed by atoms with Crippen LogP contribution in [-0.2, 0) is 12.6 Å². The molecule has 1 aliphatic heterocycles. The molecule has 3 N–H and O–H groups in total. The van der Waals surface area contributed by atoms with E-state index in [9.17, 15) is 28.5 Å². The maximum atomic E-state index is 12.7. The monoisotopic (exact) mass is 421 g/mol. The Kier molecular flexibility index (Phi) is 5.55. The zero-order chi connectivity index (χ0) is 21.5. The van der Waals surface area contributed by atoms with Crippen molar-refractivity contribution in [3.05, 3.63) is 65.2 Å². The van der Waals surface area contributed by atoms with Crippen LogP contribution in [0, 0.1) is 11.8 Å². The van der Waals surface area contributed by atoms with E-state index in [0.29, 0.717) is 43.2 Å². The van der Waals surface area contributed by atoms with Gasteiger partial charge in [0.1, 0.15) is 5.75 Å². The first kappa shape index (κ1) is 21.2. The SMILES string of the molecule is Oc1ccc(C(O)CN2C[C@@H]3C[C@](O)(Cc4ccc(C(F)(F)F)cc4)C[C@@H]3C2)cc1. The van der Waals surface area contributed by atoms with Crippen molar-refractivity contribution in [2.45, 2.75) is 37.1 Å². The number of benzene rings is 2. The van der Waals surface area contributed by atoms with Crippen LogP contribution in [0.2, 0.25) is 0 Å². The van der Waals surface area contributed by atoms with Crippen LogP contribution in [0.1, 0.15) is 35.6 Å². The number of alkyl halides is 3. The number of phenolic OH excluding ortho intramolecular Hbond substituents is 1. The number of aliphatic hydroxyl groups is 2. The maximum Gasteiger partial charge on any atom is 0.416 e. The molecule has 4 nitrogen and oxygen atoms in total. The summed E-state index contributed by atoms with van der Waals surface area (Å²) in [6.07, 6.45) is -3.41. The van der Waals surface area contributed by atoms with Crippen molar-refractivity contribution in [2.75, 3.05) is 19.6 Å². The fraction of sp³-hybridized carbons (Fsp3) is 0.478. The van der Waals surface area contributed by atoms with Gasteiger partial charge in [0, 0.05) is 26.1 Å². The summed E-state index contributed by atoms with van der Waals surface area (Å²) in [6, 6.07) is 11.6. The first-order valence-corrected chi connectivity index (χ1v) is 10.2. The lowest BCUT2D eigenvalue weighted by Gasteiger charge is -2.27. The van der Waals surface area contributed by atoms with Crippen LogP contribution < -0.4 is 0 Å². The van der Waals surface area contributed by atoms with Gasteiger partial charge in [-0.3, -0.25) is 4.90 Å². The van der Waals surface area contributed by atoms with Crippen molar-refractivity contribution in [2.24, 2.45) is 11.8 Å². The molecule has 2 aromatic carbocycles. The van der Waals surface area contributed by atoms with Crippen molar-refractivity contribution in [1.29, 1.82) is 0 Å². The van der Waals surface area contributed by atoms with Crippen LogP contribution in [0.4, 0.5) is 13.2 Å². The fourth-order valence-corrected chi connectivity index (χ4v) is 5.09. The summed E-state index contributed by atoms with van der Waals surface area (Å²) >= 11 is 0. The van der Waals surface area contributed by atoms with E-state index < -0.39 is 23.4 Å². The normalized spacial score (nSPS) is 27.9. The second kappa shape index (κ2) is 7.87. The molecule has 1 unspecified atom stereocenters. The molecule has 2 aliphatic rings. The molecule has 1 aliphatic carbocycles. The van der Waals surface area contributed by atoms with Gasteiger partial charge in [0.2, 0.25) is 0 Å². The summed E-state index contributed by atoms with van der Waals surface area (Å²) in [5.74, 6) is 0.793. The first-order valence-electron chi connectivity index (χ1n) is 10.2. The summed E-state index contributed by atoms with van der Waals surface area (Å²) in [7, 11) is 0. The molecule has 2 fully saturated rings. The Morgan fingerprint density at radius 2 is 1.53 bits per heavy atom. The number of phenols is 1. The van der Waals surface area contributed by atoms with Crippen LogP contribution in [0.5, 0.6) is 5.75 Å². The highest BCUT2D eigenvalue weighted by Crippen LogP contribution is 2.45. The first-order chi connectivity index (χ1) is 14.1. The molecule has 4 atom stereocenters. The van der Waals surface area contributed by atoms with E-state index in [0.717, 1.165) is 30.8 Å². The number of hydrogen-bond donors (Lipinski definition) is 3. The minimum absolute atomic E-state index is 0.161. The molecule has 0 bridgehead atoms. The van der Waals surface area contributed by atoms with Crippen LogP contribution >= 0.6 is 0 Å². The van der Waals surface area contributed by atoms with Gasteiger partial charge in [0.15, 0.2) is 0 Å². The number of fused-ring (bicyclic) bond motifs is 1. The van der Waals surface area contributed by atoms with Gasteiger partial charge in [-0.2, -0.15) is 13.2 Å².